The minimum absolute atomic E-state index is 0.109. The Balaban J connectivity index is 2.24. The van der Waals surface area contributed by atoms with Crippen molar-refractivity contribution in [2.75, 3.05) is 18.4 Å². The van der Waals surface area contributed by atoms with E-state index in [1.54, 1.807) is 24.3 Å². The maximum atomic E-state index is 11.5. The summed E-state index contributed by atoms with van der Waals surface area (Å²) in [5, 5.41) is 6.69. The lowest BCUT2D eigenvalue weighted by Gasteiger charge is -2.11. The van der Waals surface area contributed by atoms with Crippen LogP contribution < -0.4 is 21.5 Å². The van der Waals surface area contributed by atoms with Crippen LogP contribution >= 0.6 is 23.8 Å². The predicted molar refractivity (Wildman–Crippen MR) is 82.0 cm³/mol. The molecular weight excluding hydrogens is 284 g/mol. The van der Waals surface area contributed by atoms with E-state index in [2.05, 4.69) is 28.1 Å². The van der Waals surface area contributed by atoms with Gasteiger partial charge in [-0.1, -0.05) is 23.7 Å². The number of halogens is 1. The number of hydrogen-bond donors (Lipinski definition) is 4. The lowest BCUT2D eigenvalue weighted by molar-refractivity contribution is -0.119. The third-order valence-corrected chi connectivity index (χ3v) is 2.48. The van der Waals surface area contributed by atoms with Crippen LogP contribution in [0.3, 0.4) is 0 Å². The summed E-state index contributed by atoms with van der Waals surface area (Å²) in [5.74, 6) is -0.247. The summed E-state index contributed by atoms with van der Waals surface area (Å²) in [4.78, 5) is 11.5. The average Bonchev–Trinajstić information content (AvgIpc) is 2.40. The van der Waals surface area contributed by atoms with Gasteiger partial charge in [0, 0.05) is 17.3 Å². The fourth-order valence-electron chi connectivity index (χ4n) is 1.16. The zero-order valence-electron chi connectivity index (χ0n) is 10.2. The van der Waals surface area contributed by atoms with Crippen molar-refractivity contribution in [2.24, 2.45) is 0 Å². The van der Waals surface area contributed by atoms with Gasteiger partial charge in [0.05, 0.1) is 6.54 Å². The smallest absolute Gasteiger partial charge is 0.257 e. The van der Waals surface area contributed by atoms with Crippen molar-refractivity contribution in [2.45, 2.75) is 0 Å². The Morgan fingerprint density at radius 2 is 2.21 bits per heavy atom. The first-order valence-electron chi connectivity index (χ1n) is 5.55. The number of carbonyl (C=O) groups is 1. The molecular formula is C12H15ClN4OS. The Hall–Kier alpha value is -1.79. The van der Waals surface area contributed by atoms with Gasteiger partial charge in [-0.05, 0) is 30.4 Å². The van der Waals surface area contributed by atoms with Crippen LogP contribution in [0, 0.1) is 0 Å². The molecule has 0 aliphatic rings. The number of benzene rings is 1. The Labute approximate surface area is 122 Å². The summed E-state index contributed by atoms with van der Waals surface area (Å²) in [6, 6.07) is 7.12. The van der Waals surface area contributed by atoms with Crippen LogP contribution in [0.4, 0.5) is 5.69 Å². The first kappa shape index (κ1) is 15.3. The minimum Gasteiger partial charge on any atom is -0.376 e. The summed E-state index contributed by atoms with van der Waals surface area (Å²) >= 11 is 10.7. The summed E-state index contributed by atoms with van der Waals surface area (Å²) < 4.78 is 0. The number of carbonyl (C=O) groups excluding carboxylic acids is 1. The van der Waals surface area contributed by atoms with Gasteiger partial charge in [0.1, 0.15) is 0 Å². The molecule has 5 nitrogen and oxygen atoms in total. The van der Waals surface area contributed by atoms with Crippen LogP contribution in [0.5, 0.6) is 0 Å². The van der Waals surface area contributed by atoms with E-state index in [0.717, 1.165) is 5.69 Å². The van der Waals surface area contributed by atoms with Crippen molar-refractivity contribution >= 4 is 40.5 Å². The molecule has 19 heavy (non-hydrogen) atoms. The maximum absolute atomic E-state index is 11.5. The second-order valence-electron chi connectivity index (χ2n) is 3.54. The van der Waals surface area contributed by atoms with Gasteiger partial charge in [-0.2, -0.15) is 0 Å². The van der Waals surface area contributed by atoms with E-state index in [-0.39, 0.29) is 12.5 Å². The number of nitrogens with one attached hydrogen (secondary N) is 4. The zero-order valence-corrected chi connectivity index (χ0v) is 11.8. The largest absolute Gasteiger partial charge is 0.376 e. The number of hydrogen-bond acceptors (Lipinski definition) is 3. The summed E-state index contributed by atoms with van der Waals surface area (Å²) in [6.07, 6.45) is 1.66. The molecule has 0 saturated carbocycles. The molecule has 1 amide bonds. The fourth-order valence-corrected chi connectivity index (χ4v) is 1.49. The molecule has 0 heterocycles. The van der Waals surface area contributed by atoms with Gasteiger partial charge in [0.25, 0.3) is 5.91 Å². The van der Waals surface area contributed by atoms with Crippen molar-refractivity contribution in [1.29, 1.82) is 0 Å². The van der Waals surface area contributed by atoms with Crippen LogP contribution in [0.2, 0.25) is 5.02 Å². The molecule has 7 heteroatoms. The van der Waals surface area contributed by atoms with E-state index in [4.69, 9.17) is 23.8 Å². The lowest BCUT2D eigenvalue weighted by Crippen LogP contribution is -2.48. The van der Waals surface area contributed by atoms with Gasteiger partial charge in [-0.3, -0.25) is 15.6 Å². The van der Waals surface area contributed by atoms with Crippen molar-refractivity contribution in [1.82, 2.24) is 16.2 Å². The monoisotopic (exact) mass is 298 g/mol. The Morgan fingerprint density at radius 1 is 1.42 bits per heavy atom. The van der Waals surface area contributed by atoms with Crippen LogP contribution in [-0.4, -0.2) is 24.1 Å². The quantitative estimate of drug-likeness (QED) is 0.376. The standard InChI is InChI=1S/C12H15ClN4OS/c1-2-6-14-12(19)17-16-11(18)8-15-10-5-3-4-9(13)7-10/h2-5,7,15H,1,6,8H2,(H,16,18)(H2,14,17,19). The van der Waals surface area contributed by atoms with Crippen LogP contribution in [-0.2, 0) is 4.79 Å². The Kier molecular flexibility index (Phi) is 6.70. The van der Waals surface area contributed by atoms with E-state index in [1.165, 1.54) is 0 Å². The molecule has 0 aliphatic heterocycles. The highest BCUT2D eigenvalue weighted by molar-refractivity contribution is 7.80. The second-order valence-corrected chi connectivity index (χ2v) is 4.38. The van der Waals surface area contributed by atoms with Gasteiger partial charge in [0.15, 0.2) is 5.11 Å². The number of rotatable bonds is 5. The normalized spacial score (nSPS) is 9.32. The number of anilines is 1. The van der Waals surface area contributed by atoms with E-state index >= 15 is 0 Å². The van der Waals surface area contributed by atoms with Crippen LogP contribution in [0.15, 0.2) is 36.9 Å². The lowest BCUT2D eigenvalue weighted by atomic mass is 10.3. The molecule has 1 rings (SSSR count). The van der Waals surface area contributed by atoms with Gasteiger partial charge in [-0.25, -0.2) is 0 Å². The molecule has 4 N–H and O–H groups in total. The predicted octanol–water partition coefficient (Wildman–Crippen LogP) is 1.43. The summed E-state index contributed by atoms with van der Waals surface area (Å²) in [7, 11) is 0. The van der Waals surface area contributed by atoms with Gasteiger partial charge < -0.3 is 10.6 Å². The first-order chi connectivity index (χ1) is 9.11. The highest BCUT2D eigenvalue weighted by Gasteiger charge is 2.01. The second kappa shape index (κ2) is 8.34. The molecule has 0 spiro atoms. The average molecular weight is 299 g/mol. The molecule has 0 fully saturated rings. The molecule has 0 unspecified atom stereocenters. The van der Waals surface area contributed by atoms with E-state index in [9.17, 15) is 4.79 Å². The zero-order chi connectivity index (χ0) is 14.1. The highest BCUT2D eigenvalue weighted by Crippen LogP contribution is 2.14. The summed E-state index contributed by atoms with van der Waals surface area (Å²) in [5.41, 5.74) is 5.80. The van der Waals surface area contributed by atoms with Crippen molar-refractivity contribution in [3.63, 3.8) is 0 Å². The van der Waals surface area contributed by atoms with Gasteiger partial charge in [-0.15, -0.1) is 6.58 Å². The third-order valence-electron chi connectivity index (χ3n) is 2.00. The SMILES string of the molecule is C=CCNC(=S)NNC(=O)CNc1cccc(Cl)c1. The van der Waals surface area contributed by atoms with E-state index < -0.39 is 0 Å². The fraction of sp³-hybridized carbons (Fsp3) is 0.167. The Bertz CT molecular complexity index is 467. The molecule has 0 aliphatic carbocycles. The number of hydrazine groups is 1. The van der Waals surface area contributed by atoms with Crippen molar-refractivity contribution in [3.05, 3.63) is 41.9 Å². The van der Waals surface area contributed by atoms with Crippen LogP contribution in [0.1, 0.15) is 0 Å². The maximum Gasteiger partial charge on any atom is 0.257 e. The van der Waals surface area contributed by atoms with Crippen LogP contribution in [0.25, 0.3) is 0 Å². The van der Waals surface area contributed by atoms with Gasteiger partial charge >= 0.3 is 0 Å². The number of amides is 1. The molecule has 1 aromatic rings. The first-order valence-corrected chi connectivity index (χ1v) is 6.33. The molecule has 0 aromatic heterocycles. The van der Waals surface area contributed by atoms with Crippen molar-refractivity contribution < 1.29 is 4.79 Å². The van der Waals surface area contributed by atoms with E-state index in [1.807, 2.05) is 6.07 Å². The number of thiocarbonyl (C=S) groups is 1. The Morgan fingerprint density at radius 3 is 2.89 bits per heavy atom. The summed E-state index contributed by atoms with van der Waals surface area (Å²) in [6.45, 7) is 4.18. The molecule has 0 radical (unpaired) electrons. The molecule has 1 aromatic carbocycles. The minimum atomic E-state index is -0.247. The third kappa shape index (κ3) is 6.64. The molecule has 0 bridgehead atoms. The topological polar surface area (TPSA) is 65.2 Å². The van der Waals surface area contributed by atoms with Gasteiger partial charge in [0.2, 0.25) is 0 Å². The van der Waals surface area contributed by atoms with E-state index in [0.29, 0.717) is 16.7 Å². The molecule has 0 atom stereocenters. The molecule has 102 valence electrons. The molecule has 0 saturated heterocycles. The highest BCUT2D eigenvalue weighted by atomic mass is 35.5. The van der Waals surface area contributed by atoms with Crippen molar-refractivity contribution in [3.8, 4) is 0 Å².